The van der Waals surface area contributed by atoms with Crippen LogP contribution in [0, 0.1) is 17.2 Å². The number of likely N-dealkylation sites (tertiary alicyclic amines) is 1. The van der Waals surface area contributed by atoms with Crippen LogP contribution in [-0.2, 0) is 4.74 Å². The fourth-order valence-corrected chi connectivity index (χ4v) is 4.61. The van der Waals surface area contributed by atoms with Crippen molar-refractivity contribution in [2.45, 2.75) is 25.5 Å². The molecule has 2 saturated heterocycles. The molecule has 0 radical (unpaired) electrons. The Bertz CT molecular complexity index is 910. The Labute approximate surface area is 179 Å². The van der Waals surface area contributed by atoms with Gasteiger partial charge in [-0.05, 0) is 38.1 Å². The molecule has 1 aromatic rings. The lowest BCUT2D eigenvalue weighted by Gasteiger charge is -2.61. The van der Waals surface area contributed by atoms with Crippen LogP contribution >= 0.6 is 11.6 Å². The van der Waals surface area contributed by atoms with Crippen LogP contribution in [0.25, 0.3) is 0 Å². The summed E-state index contributed by atoms with van der Waals surface area (Å²) < 4.78 is 32.3. The van der Waals surface area contributed by atoms with E-state index < -0.39 is 17.3 Å². The minimum absolute atomic E-state index is 0.0190. The average molecular weight is 439 g/mol. The molecule has 2 aliphatic heterocycles. The summed E-state index contributed by atoms with van der Waals surface area (Å²) in [5.74, 6) is -1.62. The first-order chi connectivity index (χ1) is 14.2. The van der Waals surface area contributed by atoms with Crippen molar-refractivity contribution in [1.82, 2.24) is 14.8 Å². The summed E-state index contributed by atoms with van der Waals surface area (Å²) in [6.45, 7) is 6.93. The first-order valence-electron chi connectivity index (χ1n) is 9.95. The van der Waals surface area contributed by atoms with Crippen molar-refractivity contribution in [1.29, 1.82) is 0 Å². The topological polar surface area (TPSA) is 48.9 Å². The van der Waals surface area contributed by atoms with Gasteiger partial charge in [0.25, 0.3) is 5.95 Å². The normalized spacial score (nSPS) is 26.9. The number of carbonyl (C=O) groups excluding carboxylic acids is 1. The fourth-order valence-electron chi connectivity index (χ4n) is 4.44. The van der Waals surface area contributed by atoms with Gasteiger partial charge in [-0.1, -0.05) is 17.7 Å². The second kappa shape index (κ2) is 7.50. The van der Waals surface area contributed by atoms with E-state index in [1.807, 2.05) is 30.9 Å². The van der Waals surface area contributed by atoms with E-state index in [4.69, 9.17) is 16.3 Å². The molecule has 0 N–H and O–H groups in total. The van der Waals surface area contributed by atoms with E-state index >= 15 is 0 Å². The molecule has 30 heavy (non-hydrogen) atoms. The van der Waals surface area contributed by atoms with Crippen LogP contribution in [0.2, 0.25) is 0 Å². The number of allylic oxidation sites excluding steroid dienone is 2. The van der Waals surface area contributed by atoms with Gasteiger partial charge in [0, 0.05) is 50.3 Å². The first kappa shape index (κ1) is 21.1. The van der Waals surface area contributed by atoms with Crippen LogP contribution in [-0.4, -0.2) is 72.3 Å². The van der Waals surface area contributed by atoms with Crippen molar-refractivity contribution >= 4 is 23.4 Å². The molecule has 162 valence electrons. The highest BCUT2D eigenvalue weighted by Gasteiger charge is 2.55. The van der Waals surface area contributed by atoms with Crippen molar-refractivity contribution in [3.8, 4) is 0 Å². The van der Waals surface area contributed by atoms with Crippen LogP contribution < -0.4 is 4.90 Å². The number of anilines is 1. The predicted octanol–water partition coefficient (Wildman–Crippen LogP) is 3.39. The molecule has 2 fully saturated rings. The van der Waals surface area contributed by atoms with Crippen molar-refractivity contribution < 1.29 is 18.3 Å². The van der Waals surface area contributed by atoms with Crippen LogP contribution in [0.4, 0.5) is 19.4 Å². The third-order valence-corrected chi connectivity index (χ3v) is 6.56. The van der Waals surface area contributed by atoms with E-state index in [1.165, 1.54) is 6.07 Å². The molecule has 2 atom stereocenters. The minimum atomic E-state index is -1.09. The molecule has 2 amide bonds. The second-order valence-corrected chi connectivity index (χ2v) is 8.92. The van der Waals surface area contributed by atoms with Gasteiger partial charge in [-0.25, -0.2) is 9.18 Å². The van der Waals surface area contributed by atoms with Gasteiger partial charge < -0.3 is 19.4 Å². The number of ether oxygens (including phenoxy) is 1. The minimum Gasteiger partial charge on any atom is -0.372 e. The highest BCUT2D eigenvalue weighted by molar-refractivity contribution is 6.31. The Hall–Kier alpha value is -2.19. The van der Waals surface area contributed by atoms with E-state index in [-0.39, 0.29) is 17.6 Å². The van der Waals surface area contributed by atoms with Gasteiger partial charge in [-0.3, -0.25) is 0 Å². The van der Waals surface area contributed by atoms with Gasteiger partial charge in [0.1, 0.15) is 11.9 Å². The quantitative estimate of drug-likeness (QED) is 0.676. The second-order valence-electron chi connectivity index (χ2n) is 8.48. The first-order valence-corrected chi connectivity index (χ1v) is 10.3. The average Bonchev–Trinajstić information content (AvgIpc) is 2.64. The van der Waals surface area contributed by atoms with Gasteiger partial charge in [0.15, 0.2) is 5.82 Å². The number of hydrogen-bond acceptors (Lipinski definition) is 4. The van der Waals surface area contributed by atoms with Crippen LogP contribution in [0.1, 0.15) is 13.8 Å². The summed E-state index contributed by atoms with van der Waals surface area (Å²) in [5, 5.41) is 0.593. The van der Waals surface area contributed by atoms with Crippen molar-refractivity contribution in [2.75, 3.05) is 44.7 Å². The maximum atomic E-state index is 13.4. The summed E-state index contributed by atoms with van der Waals surface area (Å²) in [6.07, 6.45) is 5.19. The Morgan fingerprint density at radius 1 is 1.33 bits per heavy atom. The number of carbonyl (C=O) groups is 1. The number of rotatable bonds is 4. The molecule has 1 aromatic heterocycles. The number of nitrogens with zero attached hydrogens (tertiary/aromatic N) is 4. The third kappa shape index (κ3) is 3.46. The lowest BCUT2D eigenvalue weighted by molar-refractivity contribution is -0.0294. The maximum absolute atomic E-state index is 13.4. The molecule has 0 saturated carbocycles. The lowest BCUT2D eigenvalue weighted by Crippen LogP contribution is -2.75. The highest BCUT2D eigenvalue weighted by Crippen LogP contribution is 2.42. The summed E-state index contributed by atoms with van der Waals surface area (Å²) in [4.78, 5) is 22.2. The maximum Gasteiger partial charge on any atom is 0.320 e. The smallest absolute Gasteiger partial charge is 0.320 e. The van der Waals surface area contributed by atoms with E-state index in [0.29, 0.717) is 43.6 Å². The predicted molar refractivity (Wildman–Crippen MR) is 110 cm³/mol. The Kier molecular flexibility index (Phi) is 5.26. The Balaban J connectivity index is 1.36. The molecule has 6 nitrogen and oxygen atoms in total. The van der Waals surface area contributed by atoms with Crippen LogP contribution in [0.15, 0.2) is 35.4 Å². The largest absolute Gasteiger partial charge is 0.372 e. The van der Waals surface area contributed by atoms with E-state index in [9.17, 15) is 13.6 Å². The zero-order valence-corrected chi connectivity index (χ0v) is 18.0. The van der Waals surface area contributed by atoms with Gasteiger partial charge in [-0.15, -0.1) is 0 Å². The molecule has 1 aliphatic carbocycles. The molecule has 0 aromatic carbocycles. The lowest BCUT2D eigenvalue weighted by atomic mass is 9.73. The van der Waals surface area contributed by atoms with Crippen molar-refractivity contribution in [3.63, 3.8) is 0 Å². The Morgan fingerprint density at radius 2 is 2.03 bits per heavy atom. The number of pyridine rings is 1. The summed E-state index contributed by atoms with van der Waals surface area (Å²) >= 11 is 6.13. The zero-order valence-electron chi connectivity index (χ0n) is 17.2. The summed E-state index contributed by atoms with van der Waals surface area (Å²) in [6, 6.07) is 2.49. The van der Waals surface area contributed by atoms with E-state index in [2.05, 4.69) is 4.98 Å². The number of hydrogen-bond donors (Lipinski definition) is 0. The molecule has 3 aliphatic rings. The highest BCUT2D eigenvalue weighted by atomic mass is 35.5. The number of urea groups is 1. The molecule has 2 unspecified atom stereocenters. The standard InChI is InChI=1S/C21H25ClF2N4O2/c1-4-30-16-9-14(22)7-8-20(16,2)26(3)19(29)28-12-21(13-28)10-27(11-21)17-6-5-15(23)18(24)25-17/h5-9,16H,4,10-13H2,1-3H3. The zero-order chi connectivity index (χ0) is 21.7. The van der Waals surface area contributed by atoms with Gasteiger partial charge >= 0.3 is 6.03 Å². The number of likely N-dealkylation sites (N-methyl/N-ethyl adjacent to an activating group) is 1. The third-order valence-electron chi connectivity index (χ3n) is 6.31. The summed E-state index contributed by atoms with van der Waals surface area (Å²) in [5.41, 5.74) is -0.662. The van der Waals surface area contributed by atoms with E-state index in [1.54, 1.807) is 22.9 Å². The van der Waals surface area contributed by atoms with Gasteiger partial charge in [0.2, 0.25) is 0 Å². The molecule has 4 rings (SSSR count). The number of amides is 2. The molecular formula is C21H25ClF2N4O2. The molecule has 9 heteroatoms. The SMILES string of the molecule is CCOC1C=C(Cl)C=CC1(C)N(C)C(=O)N1CC2(C1)CN(c1ccc(F)c(F)n1)C2. The molecule has 0 bridgehead atoms. The molecule has 1 spiro atoms. The Morgan fingerprint density at radius 3 is 2.67 bits per heavy atom. The van der Waals surface area contributed by atoms with Crippen molar-refractivity contribution in [3.05, 3.63) is 47.2 Å². The summed E-state index contributed by atoms with van der Waals surface area (Å²) in [7, 11) is 1.77. The molecule has 3 heterocycles. The van der Waals surface area contributed by atoms with Crippen LogP contribution in [0.5, 0.6) is 0 Å². The number of halogens is 3. The number of aromatic nitrogens is 1. The molecular weight excluding hydrogens is 414 g/mol. The fraction of sp³-hybridized carbons (Fsp3) is 0.524. The van der Waals surface area contributed by atoms with E-state index in [0.717, 1.165) is 6.07 Å². The monoisotopic (exact) mass is 438 g/mol. The van der Waals surface area contributed by atoms with Crippen molar-refractivity contribution in [2.24, 2.45) is 5.41 Å². The van der Waals surface area contributed by atoms with Gasteiger partial charge in [0.05, 0.1) is 5.54 Å². The van der Waals surface area contributed by atoms with Gasteiger partial charge in [-0.2, -0.15) is 9.37 Å². The van der Waals surface area contributed by atoms with Crippen LogP contribution in [0.3, 0.4) is 0 Å².